The van der Waals surface area contributed by atoms with E-state index < -0.39 is 17.5 Å². The fourth-order valence-electron chi connectivity index (χ4n) is 1.58. The summed E-state index contributed by atoms with van der Waals surface area (Å²) in [7, 11) is 0. The van der Waals surface area contributed by atoms with Crippen molar-refractivity contribution in [2.45, 2.75) is 0 Å². The first-order chi connectivity index (χ1) is 8.09. The fraction of sp³-hybridized carbons (Fsp3) is 0. The van der Waals surface area contributed by atoms with Crippen LogP contribution in [-0.4, -0.2) is 11.0 Å². The number of rotatable bonds is 2. The molecular weight excluding hydrogens is 221 g/mol. The van der Waals surface area contributed by atoms with Crippen molar-refractivity contribution in [2.75, 3.05) is 0 Å². The molecule has 2 rings (SSSR count). The molecule has 0 aromatic heterocycles. The number of aromatic hydroxyl groups is 1. The van der Waals surface area contributed by atoms with Crippen LogP contribution < -0.4 is 5.73 Å². The quantitative estimate of drug-likeness (QED) is 0.832. The molecule has 3 nitrogen and oxygen atoms in total. The molecule has 3 N–H and O–H groups in total. The van der Waals surface area contributed by atoms with E-state index in [0.29, 0.717) is 11.1 Å². The highest BCUT2D eigenvalue weighted by molar-refractivity contribution is 5.94. The monoisotopic (exact) mass is 231 g/mol. The van der Waals surface area contributed by atoms with Gasteiger partial charge in [-0.15, -0.1) is 0 Å². The van der Waals surface area contributed by atoms with Crippen LogP contribution in [0.4, 0.5) is 4.39 Å². The summed E-state index contributed by atoms with van der Waals surface area (Å²) >= 11 is 0. The van der Waals surface area contributed by atoms with Crippen LogP contribution in [0.25, 0.3) is 11.1 Å². The molecule has 86 valence electrons. The summed E-state index contributed by atoms with van der Waals surface area (Å²) in [5, 5.41) is 9.27. The van der Waals surface area contributed by atoms with Gasteiger partial charge in [0.05, 0.1) is 0 Å². The summed E-state index contributed by atoms with van der Waals surface area (Å²) in [6, 6.07) is 10.6. The van der Waals surface area contributed by atoms with E-state index in [-0.39, 0.29) is 5.56 Å². The maximum atomic E-state index is 13.7. The Kier molecular flexibility index (Phi) is 2.78. The highest BCUT2D eigenvalue weighted by Crippen LogP contribution is 2.28. The zero-order valence-corrected chi connectivity index (χ0v) is 8.85. The van der Waals surface area contributed by atoms with Crippen molar-refractivity contribution in [2.24, 2.45) is 5.73 Å². The smallest absolute Gasteiger partial charge is 0.248 e. The van der Waals surface area contributed by atoms with Crippen LogP contribution in [0.5, 0.6) is 5.75 Å². The first-order valence-electron chi connectivity index (χ1n) is 4.97. The Hall–Kier alpha value is -2.36. The molecule has 0 unspecified atom stereocenters. The Balaban J connectivity index is 2.57. The number of benzene rings is 2. The van der Waals surface area contributed by atoms with E-state index in [2.05, 4.69) is 0 Å². The average molecular weight is 231 g/mol. The first-order valence-corrected chi connectivity index (χ1v) is 4.97. The van der Waals surface area contributed by atoms with Gasteiger partial charge in [-0.05, 0) is 23.8 Å². The fourth-order valence-corrected chi connectivity index (χ4v) is 1.58. The minimum absolute atomic E-state index is 0.230. The standard InChI is InChI=1S/C13H10FNO2/c14-12-10(5-2-6-11(12)16)8-3-1-4-9(7-8)13(15)17/h1-7,16H,(H2,15,17). The molecule has 0 fully saturated rings. The summed E-state index contributed by atoms with van der Waals surface area (Å²) in [6.07, 6.45) is 0. The van der Waals surface area contributed by atoms with Crippen molar-refractivity contribution >= 4 is 5.91 Å². The van der Waals surface area contributed by atoms with Crippen LogP contribution in [0.2, 0.25) is 0 Å². The second-order valence-corrected chi connectivity index (χ2v) is 3.58. The van der Waals surface area contributed by atoms with Gasteiger partial charge >= 0.3 is 0 Å². The molecule has 4 heteroatoms. The number of primary amides is 1. The second kappa shape index (κ2) is 4.25. The molecule has 0 aliphatic carbocycles. The first kappa shape index (κ1) is 11.1. The highest BCUT2D eigenvalue weighted by atomic mass is 19.1. The lowest BCUT2D eigenvalue weighted by molar-refractivity contribution is 0.100. The van der Waals surface area contributed by atoms with Crippen molar-refractivity contribution < 1.29 is 14.3 Å². The Bertz CT molecular complexity index is 581. The number of halogens is 1. The highest BCUT2D eigenvalue weighted by Gasteiger charge is 2.10. The molecule has 2 aromatic rings. The number of phenols is 1. The van der Waals surface area contributed by atoms with E-state index in [1.165, 1.54) is 24.3 Å². The van der Waals surface area contributed by atoms with Gasteiger partial charge in [-0.2, -0.15) is 0 Å². The molecule has 0 atom stereocenters. The Morgan fingerprint density at radius 3 is 2.59 bits per heavy atom. The lowest BCUT2D eigenvalue weighted by atomic mass is 10.0. The predicted molar refractivity (Wildman–Crippen MR) is 62.0 cm³/mol. The molecule has 0 heterocycles. The van der Waals surface area contributed by atoms with Crippen molar-refractivity contribution in [3.8, 4) is 16.9 Å². The molecule has 0 bridgehead atoms. The molecule has 0 saturated carbocycles. The van der Waals surface area contributed by atoms with Gasteiger partial charge in [-0.25, -0.2) is 4.39 Å². The second-order valence-electron chi connectivity index (χ2n) is 3.58. The SMILES string of the molecule is NC(=O)c1cccc(-c2cccc(O)c2F)c1. The van der Waals surface area contributed by atoms with Crippen LogP contribution >= 0.6 is 0 Å². The summed E-state index contributed by atoms with van der Waals surface area (Å²) in [5.74, 6) is -1.71. The number of nitrogens with two attached hydrogens (primary N) is 1. The van der Waals surface area contributed by atoms with Gasteiger partial charge in [0.1, 0.15) is 0 Å². The van der Waals surface area contributed by atoms with Crippen molar-refractivity contribution in [1.82, 2.24) is 0 Å². The van der Waals surface area contributed by atoms with Gasteiger partial charge in [-0.1, -0.05) is 24.3 Å². The third kappa shape index (κ3) is 2.10. The van der Waals surface area contributed by atoms with Gasteiger partial charge < -0.3 is 10.8 Å². The third-order valence-corrected chi connectivity index (χ3v) is 2.44. The van der Waals surface area contributed by atoms with Crippen LogP contribution in [-0.2, 0) is 0 Å². The third-order valence-electron chi connectivity index (χ3n) is 2.44. The van der Waals surface area contributed by atoms with Gasteiger partial charge in [0.15, 0.2) is 11.6 Å². The lowest BCUT2D eigenvalue weighted by Gasteiger charge is -2.05. The van der Waals surface area contributed by atoms with E-state index in [0.717, 1.165) is 0 Å². The van der Waals surface area contributed by atoms with Gasteiger partial charge in [0, 0.05) is 11.1 Å². The number of hydrogen-bond acceptors (Lipinski definition) is 2. The maximum Gasteiger partial charge on any atom is 0.248 e. The summed E-state index contributed by atoms with van der Waals surface area (Å²) in [6.45, 7) is 0. The van der Waals surface area contributed by atoms with Crippen LogP contribution in [0.1, 0.15) is 10.4 Å². The largest absolute Gasteiger partial charge is 0.505 e. The number of hydrogen-bond donors (Lipinski definition) is 2. The Morgan fingerprint density at radius 1 is 1.18 bits per heavy atom. The lowest BCUT2D eigenvalue weighted by Crippen LogP contribution is -2.10. The van der Waals surface area contributed by atoms with Crippen molar-refractivity contribution in [3.63, 3.8) is 0 Å². The molecule has 0 saturated heterocycles. The zero-order valence-electron chi connectivity index (χ0n) is 8.85. The zero-order chi connectivity index (χ0) is 12.4. The Morgan fingerprint density at radius 2 is 1.88 bits per heavy atom. The molecular formula is C13H10FNO2. The van der Waals surface area contributed by atoms with Gasteiger partial charge in [-0.3, -0.25) is 4.79 Å². The number of carbonyl (C=O) groups excluding carboxylic acids is 1. The van der Waals surface area contributed by atoms with Crippen LogP contribution in [0, 0.1) is 5.82 Å². The number of amides is 1. The summed E-state index contributed by atoms with van der Waals surface area (Å²) in [4.78, 5) is 11.0. The molecule has 2 aromatic carbocycles. The number of phenolic OH excluding ortho intramolecular Hbond substituents is 1. The van der Waals surface area contributed by atoms with Crippen molar-refractivity contribution in [1.29, 1.82) is 0 Å². The Labute approximate surface area is 97.3 Å². The summed E-state index contributed by atoms with van der Waals surface area (Å²) in [5.41, 5.74) is 6.17. The molecule has 0 spiro atoms. The van der Waals surface area contributed by atoms with Crippen LogP contribution in [0.15, 0.2) is 42.5 Å². The van der Waals surface area contributed by atoms with E-state index in [4.69, 9.17) is 5.73 Å². The normalized spacial score (nSPS) is 10.2. The van der Waals surface area contributed by atoms with E-state index in [1.54, 1.807) is 18.2 Å². The minimum Gasteiger partial charge on any atom is -0.505 e. The predicted octanol–water partition coefficient (Wildman–Crippen LogP) is 2.30. The van der Waals surface area contributed by atoms with E-state index in [1.807, 2.05) is 0 Å². The number of carbonyl (C=O) groups is 1. The average Bonchev–Trinajstić information content (AvgIpc) is 2.33. The topological polar surface area (TPSA) is 63.3 Å². The molecule has 0 radical (unpaired) electrons. The maximum absolute atomic E-state index is 13.7. The van der Waals surface area contributed by atoms with E-state index >= 15 is 0 Å². The minimum atomic E-state index is -0.714. The summed E-state index contributed by atoms with van der Waals surface area (Å²) < 4.78 is 13.7. The van der Waals surface area contributed by atoms with Crippen LogP contribution in [0.3, 0.4) is 0 Å². The van der Waals surface area contributed by atoms with Gasteiger partial charge in [0.25, 0.3) is 0 Å². The molecule has 0 aliphatic rings. The molecule has 0 aliphatic heterocycles. The van der Waals surface area contributed by atoms with Crippen molar-refractivity contribution in [3.05, 3.63) is 53.8 Å². The molecule has 17 heavy (non-hydrogen) atoms. The van der Waals surface area contributed by atoms with E-state index in [9.17, 15) is 14.3 Å². The van der Waals surface area contributed by atoms with Gasteiger partial charge in [0.2, 0.25) is 5.91 Å². The molecule has 1 amide bonds.